The van der Waals surface area contributed by atoms with E-state index in [2.05, 4.69) is 5.32 Å². The number of anilines is 1. The summed E-state index contributed by atoms with van der Waals surface area (Å²) < 4.78 is 0. The van der Waals surface area contributed by atoms with E-state index in [0.717, 1.165) is 25.2 Å². The van der Waals surface area contributed by atoms with Crippen molar-refractivity contribution in [3.8, 4) is 0 Å². The molecule has 4 heteroatoms. The summed E-state index contributed by atoms with van der Waals surface area (Å²) >= 11 is 0. The third kappa shape index (κ3) is 1.23. The first-order valence-corrected chi connectivity index (χ1v) is 5.61. The van der Waals surface area contributed by atoms with Gasteiger partial charge in [0.05, 0.1) is 5.69 Å². The van der Waals surface area contributed by atoms with Gasteiger partial charge in [0.1, 0.15) is 0 Å². The minimum atomic E-state index is -0.832. The second kappa shape index (κ2) is 3.49. The average Bonchev–Trinajstić information content (AvgIpc) is 2.63. The molecular formula is C12H14N2O2. The van der Waals surface area contributed by atoms with Crippen LogP contribution < -0.4 is 10.2 Å². The molecule has 2 N–H and O–H groups in total. The van der Waals surface area contributed by atoms with E-state index < -0.39 is 6.09 Å². The predicted octanol–water partition coefficient (Wildman–Crippen LogP) is 1.63. The fourth-order valence-electron chi connectivity index (χ4n) is 2.92. The maximum absolute atomic E-state index is 11.3. The zero-order chi connectivity index (χ0) is 11.1. The molecule has 0 aliphatic carbocycles. The first-order chi connectivity index (χ1) is 7.79. The van der Waals surface area contributed by atoms with Crippen LogP contribution in [0.15, 0.2) is 24.3 Å². The number of rotatable bonds is 0. The van der Waals surface area contributed by atoms with Crippen LogP contribution >= 0.6 is 0 Å². The van der Waals surface area contributed by atoms with Crippen molar-refractivity contribution in [1.82, 2.24) is 5.32 Å². The molecule has 2 aliphatic rings. The van der Waals surface area contributed by atoms with Crippen molar-refractivity contribution in [2.24, 2.45) is 0 Å². The lowest BCUT2D eigenvalue weighted by molar-refractivity contribution is 0.197. The molecule has 3 rings (SSSR count). The van der Waals surface area contributed by atoms with Gasteiger partial charge in [0.15, 0.2) is 0 Å². The van der Waals surface area contributed by atoms with Crippen LogP contribution in [-0.4, -0.2) is 30.3 Å². The number of hydrogen-bond acceptors (Lipinski definition) is 2. The van der Waals surface area contributed by atoms with Crippen LogP contribution in [-0.2, 0) is 0 Å². The molecule has 4 nitrogen and oxygen atoms in total. The molecule has 0 radical (unpaired) electrons. The quantitative estimate of drug-likeness (QED) is 0.696. The van der Waals surface area contributed by atoms with Crippen LogP contribution in [0.4, 0.5) is 10.5 Å². The Morgan fingerprint density at radius 3 is 3.06 bits per heavy atom. The molecule has 2 heterocycles. The maximum atomic E-state index is 11.3. The summed E-state index contributed by atoms with van der Waals surface area (Å²) in [5.74, 6) is 0.320. The van der Waals surface area contributed by atoms with Crippen LogP contribution in [0, 0.1) is 0 Å². The fraction of sp³-hybridized carbons (Fsp3) is 0.417. The van der Waals surface area contributed by atoms with E-state index in [1.807, 2.05) is 24.3 Å². The summed E-state index contributed by atoms with van der Waals surface area (Å²) in [6.07, 6.45) is 0.0629. The summed E-state index contributed by atoms with van der Waals surface area (Å²) in [6.45, 7) is 1.78. The first kappa shape index (κ1) is 9.66. The van der Waals surface area contributed by atoms with E-state index in [1.165, 1.54) is 5.56 Å². The second-order valence-corrected chi connectivity index (χ2v) is 4.38. The number of para-hydroxylation sites is 1. The standard InChI is InChI=1S/C12H14N2O2/c15-12(16)14-10-4-2-1-3-8(10)9-7-13-6-5-11(9)14/h1-4,9,11,13H,5-7H2,(H,15,16). The van der Waals surface area contributed by atoms with E-state index in [4.69, 9.17) is 0 Å². The monoisotopic (exact) mass is 218 g/mol. The minimum absolute atomic E-state index is 0.121. The Hall–Kier alpha value is -1.55. The van der Waals surface area contributed by atoms with Gasteiger partial charge in [-0.2, -0.15) is 0 Å². The highest BCUT2D eigenvalue weighted by atomic mass is 16.4. The van der Waals surface area contributed by atoms with Crippen LogP contribution in [0.1, 0.15) is 17.9 Å². The smallest absolute Gasteiger partial charge is 0.412 e. The second-order valence-electron chi connectivity index (χ2n) is 4.38. The van der Waals surface area contributed by atoms with Gasteiger partial charge in [-0.25, -0.2) is 4.79 Å². The zero-order valence-corrected chi connectivity index (χ0v) is 8.89. The summed E-state index contributed by atoms with van der Waals surface area (Å²) in [4.78, 5) is 12.9. The summed E-state index contributed by atoms with van der Waals surface area (Å²) in [5, 5.41) is 12.6. The molecule has 0 aromatic heterocycles. The molecule has 1 aromatic rings. The van der Waals surface area contributed by atoms with Crippen molar-refractivity contribution in [1.29, 1.82) is 0 Å². The first-order valence-electron chi connectivity index (χ1n) is 5.61. The fourth-order valence-corrected chi connectivity index (χ4v) is 2.92. The lowest BCUT2D eigenvalue weighted by atomic mass is 9.90. The van der Waals surface area contributed by atoms with Crippen molar-refractivity contribution < 1.29 is 9.90 Å². The molecule has 0 saturated carbocycles. The molecule has 1 saturated heterocycles. The third-order valence-corrected chi connectivity index (χ3v) is 3.58. The number of carbonyl (C=O) groups is 1. The van der Waals surface area contributed by atoms with Gasteiger partial charge in [0, 0.05) is 18.5 Å². The van der Waals surface area contributed by atoms with Gasteiger partial charge in [-0.1, -0.05) is 18.2 Å². The van der Waals surface area contributed by atoms with Crippen molar-refractivity contribution in [2.75, 3.05) is 18.0 Å². The maximum Gasteiger partial charge on any atom is 0.412 e. The number of fused-ring (bicyclic) bond motifs is 3. The van der Waals surface area contributed by atoms with Crippen LogP contribution in [0.3, 0.4) is 0 Å². The van der Waals surface area contributed by atoms with Crippen molar-refractivity contribution in [2.45, 2.75) is 18.4 Å². The van der Waals surface area contributed by atoms with E-state index >= 15 is 0 Å². The van der Waals surface area contributed by atoms with Crippen LogP contribution in [0.5, 0.6) is 0 Å². The highest BCUT2D eigenvalue weighted by Gasteiger charge is 2.42. The van der Waals surface area contributed by atoms with Gasteiger partial charge < -0.3 is 10.4 Å². The number of amides is 1. The number of nitrogens with zero attached hydrogens (tertiary/aromatic N) is 1. The Balaban J connectivity index is 2.09. The van der Waals surface area contributed by atoms with Gasteiger partial charge >= 0.3 is 6.09 Å². The van der Waals surface area contributed by atoms with Crippen LogP contribution in [0.2, 0.25) is 0 Å². The van der Waals surface area contributed by atoms with E-state index in [1.54, 1.807) is 4.90 Å². The summed E-state index contributed by atoms with van der Waals surface area (Å²) in [7, 11) is 0. The lowest BCUT2D eigenvalue weighted by Gasteiger charge is -2.30. The molecule has 16 heavy (non-hydrogen) atoms. The van der Waals surface area contributed by atoms with E-state index in [0.29, 0.717) is 5.92 Å². The van der Waals surface area contributed by atoms with Crippen molar-refractivity contribution >= 4 is 11.8 Å². The molecule has 0 bridgehead atoms. The molecule has 2 aliphatic heterocycles. The Kier molecular flexibility index (Phi) is 2.11. The molecular weight excluding hydrogens is 204 g/mol. The Labute approximate surface area is 93.9 Å². The Morgan fingerprint density at radius 1 is 1.44 bits per heavy atom. The van der Waals surface area contributed by atoms with Gasteiger partial charge in [0.2, 0.25) is 0 Å². The predicted molar refractivity (Wildman–Crippen MR) is 61.0 cm³/mol. The largest absolute Gasteiger partial charge is 0.465 e. The third-order valence-electron chi connectivity index (χ3n) is 3.58. The van der Waals surface area contributed by atoms with Gasteiger partial charge in [0.25, 0.3) is 0 Å². The summed E-state index contributed by atoms with van der Waals surface area (Å²) in [5.41, 5.74) is 2.04. The number of hydrogen-bond donors (Lipinski definition) is 2. The van der Waals surface area contributed by atoms with E-state index in [9.17, 15) is 9.90 Å². The molecule has 2 atom stereocenters. The molecule has 1 fully saturated rings. The molecule has 84 valence electrons. The van der Waals surface area contributed by atoms with Crippen molar-refractivity contribution in [3.63, 3.8) is 0 Å². The van der Waals surface area contributed by atoms with Gasteiger partial charge in [-0.15, -0.1) is 0 Å². The van der Waals surface area contributed by atoms with Gasteiger partial charge in [-0.05, 0) is 24.6 Å². The Bertz CT molecular complexity index is 433. The number of carboxylic acid groups (broad SMARTS) is 1. The highest BCUT2D eigenvalue weighted by molar-refractivity contribution is 5.90. The average molecular weight is 218 g/mol. The zero-order valence-electron chi connectivity index (χ0n) is 8.89. The number of nitrogens with one attached hydrogen (secondary N) is 1. The molecule has 1 amide bonds. The SMILES string of the molecule is O=C(O)N1c2ccccc2C2CNCCC21. The van der Waals surface area contributed by atoms with Gasteiger partial charge in [-0.3, -0.25) is 4.90 Å². The summed E-state index contributed by atoms with van der Waals surface area (Å²) in [6, 6.07) is 7.95. The van der Waals surface area contributed by atoms with E-state index in [-0.39, 0.29) is 6.04 Å². The number of piperidine rings is 1. The minimum Gasteiger partial charge on any atom is -0.465 e. The number of benzene rings is 1. The Morgan fingerprint density at radius 2 is 2.25 bits per heavy atom. The normalized spacial score (nSPS) is 27.4. The van der Waals surface area contributed by atoms with Crippen LogP contribution in [0.25, 0.3) is 0 Å². The lowest BCUT2D eigenvalue weighted by Crippen LogP contribution is -2.46. The molecule has 0 spiro atoms. The van der Waals surface area contributed by atoms with Crippen molar-refractivity contribution in [3.05, 3.63) is 29.8 Å². The highest BCUT2D eigenvalue weighted by Crippen LogP contribution is 2.42. The topological polar surface area (TPSA) is 52.6 Å². The molecule has 2 unspecified atom stereocenters. The molecule has 1 aromatic carbocycles.